The third kappa shape index (κ3) is 5.16. The second kappa shape index (κ2) is 8.66. The van der Waals surface area contributed by atoms with Gasteiger partial charge in [-0.05, 0) is 48.5 Å². The summed E-state index contributed by atoms with van der Waals surface area (Å²) in [4.78, 5) is 33.7. The monoisotopic (exact) mass is 391 g/mol. The van der Waals surface area contributed by atoms with E-state index in [0.717, 1.165) is 0 Å². The number of anilines is 2. The van der Waals surface area contributed by atoms with Crippen LogP contribution in [0.3, 0.4) is 0 Å². The maximum Gasteiger partial charge on any atom is 0.280 e. The molecule has 2 N–H and O–H groups in total. The quantitative estimate of drug-likeness (QED) is 0.366. The van der Waals surface area contributed by atoms with Crippen molar-refractivity contribution in [3.63, 3.8) is 0 Å². The summed E-state index contributed by atoms with van der Waals surface area (Å²) in [6.45, 7) is 1.41. The first-order valence-electron chi connectivity index (χ1n) is 8.63. The SMILES string of the molecule is CC(=O)Nc1ccc(NC(=O)/C=C/c2ccc(-c3ccccc3[N+](=O)[O-])o2)cc1. The van der Waals surface area contributed by atoms with E-state index in [4.69, 9.17) is 4.42 Å². The lowest BCUT2D eigenvalue weighted by atomic mass is 10.1. The van der Waals surface area contributed by atoms with Crippen LogP contribution in [-0.4, -0.2) is 16.7 Å². The fraction of sp³-hybridized carbons (Fsp3) is 0.0476. The zero-order valence-corrected chi connectivity index (χ0v) is 15.4. The lowest BCUT2D eigenvalue weighted by Gasteiger charge is -2.05. The van der Waals surface area contributed by atoms with Gasteiger partial charge in [-0.25, -0.2) is 0 Å². The van der Waals surface area contributed by atoms with Crippen LogP contribution in [0.4, 0.5) is 17.1 Å². The van der Waals surface area contributed by atoms with E-state index in [2.05, 4.69) is 10.6 Å². The van der Waals surface area contributed by atoms with Gasteiger partial charge < -0.3 is 15.1 Å². The molecule has 1 aromatic heterocycles. The average molecular weight is 391 g/mol. The van der Waals surface area contributed by atoms with E-state index in [1.807, 2.05) is 0 Å². The van der Waals surface area contributed by atoms with E-state index in [9.17, 15) is 19.7 Å². The highest BCUT2D eigenvalue weighted by molar-refractivity contribution is 6.02. The summed E-state index contributed by atoms with van der Waals surface area (Å²) in [6, 6.07) is 16.2. The van der Waals surface area contributed by atoms with Crippen LogP contribution in [0.1, 0.15) is 12.7 Å². The minimum atomic E-state index is -0.474. The summed E-state index contributed by atoms with van der Waals surface area (Å²) >= 11 is 0. The van der Waals surface area contributed by atoms with E-state index in [1.165, 1.54) is 25.1 Å². The normalized spacial score (nSPS) is 10.7. The third-order valence-corrected chi connectivity index (χ3v) is 3.86. The van der Waals surface area contributed by atoms with Gasteiger partial charge in [-0.2, -0.15) is 0 Å². The summed E-state index contributed by atoms with van der Waals surface area (Å²) in [7, 11) is 0. The molecular weight excluding hydrogens is 374 g/mol. The highest BCUT2D eigenvalue weighted by atomic mass is 16.6. The Balaban J connectivity index is 1.66. The number of amides is 2. The number of carbonyl (C=O) groups excluding carboxylic acids is 2. The van der Waals surface area contributed by atoms with Gasteiger partial charge in [0.2, 0.25) is 11.8 Å². The molecule has 0 saturated carbocycles. The van der Waals surface area contributed by atoms with Crippen molar-refractivity contribution in [1.29, 1.82) is 0 Å². The lowest BCUT2D eigenvalue weighted by molar-refractivity contribution is -0.384. The van der Waals surface area contributed by atoms with Crippen molar-refractivity contribution in [3.05, 3.63) is 82.6 Å². The van der Waals surface area contributed by atoms with Crippen molar-refractivity contribution >= 4 is 35.0 Å². The van der Waals surface area contributed by atoms with Gasteiger partial charge in [0.25, 0.3) is 5.69 Å². The number of nitrogens with zero attached hydrogens (tertiary/aromatic N) is 1. The number of nitrogens with one attached hydrogen (secondary N) is 2. The molecule has 0 fully saturated rings. The molecule has 0 radical (unpaired) electrons. The first kappa shape index (κ1) is 19.6. The molecule has 3 rings (SSSR count). The van der Waals surface area contributed by atoms with Crippen molar-refractivity contribution in [1.82, 2.24) is 0 Å². The molecule has 29 heavy (non-hydrogen) atoms. The van der Waals surface area contributed by atoms with Crippen molar-refractivity contribution in [2.75, 3.05) is 10.6 Å². The van der Waals surface area contributed by atoms with Gasteiger partial charge in [0.05, 0.1) is 10.5 Å². The molecule has 0 spiro atoms. The van der Waals surface area contributed by atoms with Crippen LogP contribution >= 0.6 is 0 Å². The smallest absolute Gasteiger partial charge is 0.280 e. The zero-order chi connectivity index (χ0) is 20.8. The third-order valence-electron chi connectivity index (χ3n) is 3.86. The Morgan fingerprint density at radius 2 is 1.62 bits per heavy atom. The molecule has 0 aliphatic rings. The molecule has 8 nitrogen and oxygen atoms in total. The second-order valence-corrected chi connectivity index (χ2v) is 6.06. The maximum absolute atomic E-state index is 12.1. The highest BCUT2D eigenvalue weighted by Crippen LogP contribution is 2.31. The summed E-state index contributed by atoms with van der Waals surface area (Å²) in [5.41, 5.74) is 1.50. The summed E-state index contributed by atoms with van der Waals surface area (Å²) in [6.07, 6.45) is 2.77. The molecule has 3 aromatic rings. The molecule has 8 heteroatoms. The molecule has 0 unspecified atom stereocenters. The Hall–Kier alpha value is -4.20. The Bertz CT molecular complexity index is 1080. The van der Waals surface area contributed by atoms with Gasteiger partial charge in [-0.1, -0.05) is 12.1 Å². The zero-order valence-electron chi connectivity index (χ0n) is 15.4. The van der Waals surface area contributed by atoms with Crippen LogP contribution in [0.5, 0.6) is 0 Å². The number of para-hydroxylation sites is 1. The summed E-state index contributed by atoms with van der Waals surface area (Å²) in [5.74, 6) is 0.171. The minimum absolute atomic E-state index is 0.0576. The molecule has 0 aliphatic heterocycles. The molecule has 0 bridgehead atoms. The molecule has 146 valence electrons. The standard InChI is InChI=1S/C21H17N3O5/c1-14(25)22-15-6-8-16(9-7-15)23-21(26)13-11-17-10-12-20(29-17)18-4-2-3-5-19(18)24(27)28/h2-13H,1H3,(H,22,25)(H,23,26)/b13-11+. The van der Waals surface area contributed by atoms with Crippen molar-refractivity contribution in [2.24, 2.45) is 0 Å². The van der Waals surface area contributed by atoms with Crippen LogP contribution in [0.15, 0.2) is 71.2 Å². The van der Waals surface area contributed by atoms with Gasteiger partial charge in [-0.3, -0.25) is 19.7 Å². The van der Waals surface area contributed by atoms with Crippen LogP contribution in [-0.2, 0) is 9.59 Å². The molecule has 0 atom stereocenters. The summed E-state index contributed by atoms with van der Waals surface area (Å²) < 4.78 is 5.60. The Morgan fingerprint density at radius 1 is 0.966 bits per heavy atom. The Labute approximate surface area is 166 Å². The van der Waals surface area contributed by atoms with Crippen molar-refractivity contribution in [2.45, 2.75) is 6.92 Å². The van der Waals surface area contributed by atoms with E-state index < -0.39 is 4.92 Å². The molecule has 0 aliphatic carbocycles. The predicted molar refractivity (Wildman–Crippen MR) is 109 cm³/mol. The Kier molecular flexibility index (Phi) is 5.84. The molecule has 0 saturated heterocycles. The Morgan fingerprint density at radius 3 is 2.28 bits per heavy atom. The topological polar surface area (TPSA) is 114 Å². The van der Waals surface area contributed by atoms with Crippen molar-refractivity contribution < 1.29 is 18.9 Å². The van der Waals surface area contributed by atoms with E-state index >= 15 is 0 Å². The van der Waals surface area contributed by atoms with Gasteiger partial charge >= 0.3 is 0 Å². The van der Waals surface area contributed by atoms with Gasteiger partial charge in [0, 0.05) is 30.4 Å². The number of nitro groups is 1. The van der Waals surface area contributed by atoms with Crippen LogP contribution in [0, 0.1) is 10.1 Å². The molecule has 2 aromatic carbocycles. The number of hydrogen-bond acceptors (Lipinski definition) is 5. The van der Waals surface area contributed by atoms with Crippen LogP contribution < -0.4 is 10.6 Å². The predicted octanol–water partition coefficient (Wildman–Crippen LogP) is 4.47. The number of rotatable bonds is 6. The molecule has 1 heterocycles. The largest absolute Gasteiger partial charge is 0.456 e. The molecular formula is C21H17N3O5. The first-order chi connectivity index (χ1) is 13.9. The number of benzene rings is 2. The lowest BCUT2D eigenvalue weighted by Crippen LogP contribution is -2.08. The van der Waals surface area contributed by atoms with Crippen LogP contribution in [0.25, 0.3) is 17.4 Å². The molecule has 2 amide bonds. The number of hydrogen-bond donors (Lipinski definition) is 2. The maximum atomic E-state index is 12.1. The fourth-order valence-corrected chi connectivity index (χ4v) is 2.61. The first-order valence-corrected chi connectivity index (χ1v) is 8.63. The van der Waals surface area contributed by atoms with Gasteiger partial charge in [-0.15, -0.1) is 0 Å². The van der Waals surface area contributed by atoms with E-state index in [-0.39, 0.29) is 17.5 Å². The number of furan rings is 1. The fourth-order valence-electron chi connectivity index (χ4n) is 2.61. The van der Waals surface area contributed by atoms with Gasteiger partial charge in [0.1, 0.15) is 11.5 Å². The minimum Gasteiger partial charge on any atom is -0.456 e. The second-order valence-electron chi connectivity index (χ2n) is 6.06. The van der Waals surface area contributed by atoms with E-state index in [1.54, 1.807) is 54.6 Å². The highest BCUT2D eigenvalue weighted by Gasteiger charge is 2.16. The van der Waals surface area contributed by atoms with Crippen LogP contribution in [0.2, 0.25) is 0 Å². The average Bonchev–Trinajstić information content (AvgIpc) is 3.16. The van der Waals surface area contributed by atoms with E-state index in [0.29, 0.717) is 28.5 Å². The van der Waals surface area contributed by atoms with Gasteiger partial charge in [0.15, 0.2) is 0 Å². The summed E-state index contributed by atoms with van der Waals surface area (Å²) in [5, 5.41) is 16.5. The number of carbonyl (C=O) groups is 2. The van der Waals surface area contributed by atoms with Crippen molar-refractivity contribution in [3.8, 4) is 11.3 Å². The number of nitro benzene ring substituents is 1.